The highest BCUT2D eigenvalue weighted by atomic mass is 35.5. The number of ether oxygens (including phenoxy) is 2. The number of hydrazone groups is 1. The Balaban J connectivity index is 2.08. The lowest BCUT2D eigenvalue weighted by Gasteiger charge is -2.14. The Kier molecular flexibility index (Phi) is 9.62. The summed E-state index contributed by atoms with van der Waals surface area (Å²) < 4.78 is 11.5. The van der Waals surface area contributed by atoms with Crippen LogP contribution < -0.4 is 20.2 Å². The van der Waals surface area contributed by atoms with Crippen molar-refractivity contribution in [2.75, 3.05) is 6.61 Å². The predicted octanol–water partition coefficient (Wildman–Crippen LogP) is 4.34. The summed E-state index contributed by atoms with van der Waals surface area (Å²) in [4.78, 5) is 23.5. The lowest BCUT2D eigenvalue weighted by molar-refractivity contribution is -0.139. The van der Waals surface area contributed by atoms with Gasteiger partial charge in [0.05, 0.1) is 17.8 Å². The zero-order valence-corrected chi connectivity index (χ0v) is 19.1. The first-order valence-electron chi connectivity index (χ1n) is 9.81. The number of rotatable bonds is 9. The first-order valence-corrected chi connectivity index (χ1v) is 10.6. The molecular formula is C22H25Cl2N3O4. The van der Waals surface area contributed by atoms with Crippen molar-refractivity contribution < 1.29 is 19.1 Å². The standard InChI is InChI=1S/C22H25Cl2N3O4/c1-4-14(3)26-21(28)22(29)27-25-12-16-10-18(24)20(19(11-16)30-5-2)31-13-15-6-8-17(23)9-7-15/h6-12,14H,4-5,13H2,1-3H3,(H,26,28)(H,27,29)/b25-12-/t14-/m1/s1. The molecule has 0 aliphatic heterocycles. The largest absolute Gasteiger partial charge is 0.490 e. The second kappa shape index (κ2) is 12.2. The van der Waals surface area contributed by atoms with E-state index >= 15 is 0 Å². The maximum atomic E-state index is 11.8. The first-order chi connectivity index (χ1) is 14.8. The van der Waals surface area contributed by atoms with Crippen LogP contribution in [0.2, 0.25) is 10.0 Å². The molecule has 0 saturated heterocycles. The number of benzene rings is 2. The summed E-state index contributed by atoms with van der Waals surface area (Å²) in [7, 11) is 0. The van der Waals surface area contributed by atoms with Crippen molar-refractivity contribution in [3.05, 3.63) is 57.6 Å². The fourth-order valence-corrected chi connectivity index (χ4v) is 2.81. The summed E-state index contributed by atoms with van der Waals surface area (Å²) in [5, 5.41) is 7.34. The van der Waals surface area contributed by atoms with Gasteiger partial charge in [-0.1, -0.05) is 42.3 Å². The Morgan fingerprint density at radius 2 is 1.81 bits per heavy atom. The van der Waals surface area contributed by atoms with Gasteiger partial charge in [0.1, 0.15) is 6.61 Å². The Morgan fingerprint density at radius 1 is 1.10 bits per heavy atom. The molecule has 2 rings (SSSR count). The molecular weight excluding hydrogens is 441 g/mol. The molecule has 9 heteroatoms. The molecule has 2 aromatic rings. The average Bonchev–Trinajstić information content (AvgIpc) is 2.74. The molecule has 31 heavy (non-hydrogen) atoms. The van der Waals surface area contributed by atoms with Crippen LogP contribution in [0.3, 0.4) is 0 Å². The van der Waals surface area contributed by atoms with Crippen LogP contribution >= 0.6 is 23.2 Å². The third-order valence-electron chi connectivity index (χ3n) is 4.20. The van der Waals surface area contributed by atoms with Crippen LogP contribution in [0.15, 0.2) is 41.5 Å². The Hall–Kier alpha value is -2.77. The van der Waals surface area contributed by atoms with Gasteiger partial charge in [0.2, 0.25) is 0 Å². The molecule has 0 radical (unpaired) electrons. The van der Waals surface area contributed by atoms with Gasteiger partial charge in [0, 0.05) is 11.1 Å². The maximum Gasteiger partial charge on any atom is 0.329 e. The first kappa shape index (κ1) is 24.5. The van der Waals surface area contributed by atoms with Crippen LogP contribution in [0.4, 0.5) is 0 Å². The summed E-state index contributed by atoms with van der Waals surface area (Å²) >= 11 is 12.3. The van der Waals surface area contributed by atoms with Gasteiger partial charge in [-0.2, -0.15) is 5.10 Å². The minimum absolute atomic E-state index is 0.102. The zero-order chi connectivity index (χ0) is 22.8. The van der Waals surface area contributed by atoms with E-state index in [1.54, 1.807) is 24.3 Å². The van der Waals surface area contributed by atoms with Crippen LogP contribution in [-0.4, -0.2) is 30.7 Å². The van der Waals surface area contributed by atoms with Crippen molar-refractivity contribution in [3.63, 3.8) is 0 Å². The zero-order valence-electron chi connectivity index (χ0n) is 17.6. The molecule has 1 atom stereocenters. The number of hydrogen-bond acceptors (Lipinski definition) is 5. The normalized spacial score (nSPS) is 11.8. The van der Waals surface area contributed by atoms with E-state index in [-0.39, 0.29) is 12.6 Å². The van der Waals surface area contributed by atoms with Crippen molar-refractivity contribution in [1.82, 2.24) is 10.7 Å². The van der Waals surface area contributed by atoms with Crippen LogP contribution in [0.5, 0.6) is 11.5 Å². The number of nitrogens with zero attached hydrogens (tertiary/aromatic N) is 1. The third kappa shape index (κ3) is 7.77. The molecule has 0 aromatic heterocycles. The molecule has 7 nitrogen and oxygen atoms in total. The highest BCUT2D eigenvalue weighted by Crippen LogP contribution is 2.37. The minimum Gasteiger partial charge on any atom is -0.490 e. The van der Waals surface area contributed by atoms with Gasteiger partial charge in [0.15, 0.2) is 11.5 Å². The molecule has 0 saturated carbocycles. The molecule has 2 aromatic carbocycles. The molecule has 0 unspecified atom stereocenters. The van der Waals surface area contributed by atoms with E-state index in [1.165, 1.54) is 6.21 Å². The molecule has 0 aliphatic carbocycles. The molecule has 2 amide bonds. The number of carbonyl (C=O) groups excluding carboxylic acids is 2. The molecule has 0 fully saturated rings. The van der Waals surface area contributed by atoms with E-state index < -0.39 is 11.8 Å². The van der Waals surface area contributed by atoms with E-state index in [1.807, 2.05) is 32.9 Å². The van der Waals surface area contributed by atoms with Gasteiger partial charge in [-0.25, -0.2) is 5.43 Å². The Labute approximate surface area is 191 Å². The molecule has 0 aliphatic rings. The van der Waals surface area contributed by atoms with Gasteiger partial charge in [-0.15, -0.1) is 0 Å². The van der Waals surface area contributed by atoms with Crippen LogP contribution in [-0.2, 0) is 16.2 Å². The highest BCUT2D eigenvalue weighted by molar-refractivity contribution is 6.35. The smallest absolute Gasteiger partial charge is 0.329 e. The second-order valence-corrected chi connectivity index (χ2v) is 7.50. The number of amides is 2. The quantitative estimate of drug-likeness (QED) is 0.327. The fraction of sp³-hybridized carbons (Fsp3) is 0.318. The summed E-state index contributed by atoms with van der Waals surface area (Å²) in [6.07, 6.45) is 2.08. The van der Waals surface area contributed by atoms with Crippen molar-refractivity contribution in [2.24, 2.45) is 5.10 Å². The van der Waals surface area contributed by atoms with Crippen LogP contribution in [0.25, 0.3) is 0 Å². The Bertz CT molecular complexity index is 933. The predicted molar refractivity (Wildman–Crippen MR) is 122 cm³/mol. The number of hydrogen-bond donors (Lipinski definition) is 2. The van der Waals surface area contributed by atoms with Crippen molar-refractivity contribution >= 4 is 41.2 Å². The summed E-state index contributed by atoms with van der Waals surface area (Å²) in [5.74, 6) is -0.764. The van der Waals surface area contributed by atoms with Gasteiger partial charge >= 0.3 is 11.8 Å². The third-order valence-corrected chi connectivity index (χ3v) is 4.74. The molecule has 2 N–H and O–H groups in total. The van der Waals surface area contributed by atoms with Crippen molar-refractivity contribution in [1.29, 1.82) is 0 Å². The summed E-state index contributed by atoms with van der Waals surface area (Å²) in [6, 6.07) is 10.5. The number of carbonyl (C=O) groups is 2. The van der Waals surface area contributed by atoms with E-state index in [9.17, 15) is 9.59 Å². The lowest BCUT2D eigenvalue weighted by atomic mass is 10.2. The number of nitrogens with one attached hydrogen (secondary N) is 2. The van der Waals surface area contributed by atoms with Gasteiger partial charge in [-0.3, -0.25) is 9.59 Å². The molecule has 166 valence electrons. The van der Waals surface area contributed by atoms with Crippen LogP contribution in [0.1, 0.15) is 38.3 Å². The average molecular weight is 466 g/mol. The highest BCUT2D eigenvalue weighted by Gasteiger charge is 2.15. The van der Waals surface area contributed by atoms with Crippen molar-refractivity contribution in [2.45, 2.75) is 39.8 Å². The van der Waals surface area contributed by atoms with Gasteiger partial charge in [-0.05, 0) is 55.7 Å². The number of halogens is 2. The van der Waals surface area contributed by atoms with Crippen molar-refractivity contribution in [3.8, 4) is 11.5 Å². The maximum absolute atomic E-state index is 11.8. The van der Waals surface area contributed by atoms with Gasteiger partial charge < -0.3 is 14.8 Å². The molecule has 0 bridgehead atoms. The second-order valence-electron chi connectivity index (χ2n) is 6.66. The van der Waals surface area contributed by atoms with E-state index in [0.29, 0.717) is 40.1 Å². The van der Waals surface area contributed by atoms with Gasteiger partial charge in [0.25, 0.3) is 0 Å². The van der Waals surface area contributed by atoms with E-state index in [4.69, 9.17) is 32.7 Å². The monoisotopic (exact) mass is 465 g/mol. The Morgan fingerprint density at radius 3 is 2.45 bits per heavy atom. The molecule has 0 spiro atoms. The van der Waals surface area contributed by atoms with E-state index in [2.05, 4.69) is 15.8 Å². The topological polar surface area (TPSA) is 89.0 Å². The SMILES string of the molecule is CCOc1cc(/C=N\NC(=O)C(=O)N[C@H](C)CC)cc(Cl)c1OCc1ccc(Cl)cc1. The molecule has 0 heterocycles. The fourth-order valence-electron chi connectivity index (χ4n) is 2.41. The van der Waals surface area contributed by atoms with Crippen LogP contribution in [0, 0.1) is 0 Å². The summed E-state index contributed by atoms with van der Waals surface area (Å²) in [6.45, 7) is 6.24. The summed E-state index contributed by atoms with van der Waals surface area (Å²) in [5.41, 5.74) is 3.68. The van der Waals surface area contributed by atoms with E-state index in [0.717, 1.165) is 5.56 Å². The minimum atomic E-state index is -0.851. The lowest BCUT2D eigenvalue weighted by Crippen LogP contribution is -2.41.